The number of amides is 1. The van der Waals surface area contributed by atoms with Crippen LogP contribution in [0, 0.1) is 12.7 Å². The van der Waals surface area contributed by atoms with Crippen LogP contribution in [0.15, 0.2) is 47.1 Å². The predicted molar refractivity (Wildman–Crippen MR) is 121 cm³/mol. The number of carbonyl (C=O) groups is 1. The minimum atomic E-state index is -0.442. The number of aromatic nitrogens is 1. The van der Waals surface area contributed by atoms with Crippen molar-refractivity contribution >= 4 is 11.6 Å². The summed E-state index contributed by atoms with van der Waals surface area (Å²) in [5, 5.41) is 12.4. The highest BCUT2D eigenvalue weighted by Crippen LogP contribution is 2.27. The van der Waals surface area contributed by atoms with Crippen LogP contribution in [0.1, 0.15) is 27.5 Å². The molecule has 0 unspecified atom stereocenters. The largest absolute Gasteiger partial charge is 0.504 e. The second-order valence-corrected chi connectivity index (χ2v) is 8.10. The molecule has 0 aliphatic carbocycles. The van der Waals surface area contributed by atoms with Crippen LogP contribution in [0.5, 0.6) is 11.5 Å². The van der Waals surface area contributed by atoms with Crippen LogP contribution in [-0.2, 0) is 13.1 Å². The third-order valence-corrected chi connectivity index (χ3v) is 5.69. The Labute approximate surface area is 191 Å². The maximum Gasteiger partial charge on any atom is 0.277 e. The van der Waals surface area contributed by atoms with Gasteiger partial charge >= 0.3 is 0 Å². The van der Waals surface area contributed by atoms with Gasteiger partial charge in [-0.05, 0) is 42.3 Å². The number of nitrogens with zero attached hydrogens (tertiary/aromatic N) is 3. The molecule has 1 fully saturated rings. The van der Waals surface area contributed by atoms with E-state index >= 15 is 0 Å². The minimum Gasteiger partial charge on any atom is -0.504 e. The van der Waals surface area contributed by atoms with Crippen molar-refractivity contribution in [1.82, 2.24) is 14.8 Å². The average molecular weight is 455 g/mol. The van der Waals surface area contributed by atoms with Gasteiger partial charge in [0.2, 0.25) is 5.89 Å². The topological polar surface area (TPSA) is 91.1 Å². The number of halogens is 1. The van der Waals surface area contributed by atoms with E-state index in [0.29, 0.717) is 29.4 Å². The Balaban J connectivity index is 1.27. The third kappa shape index (κ3) is 5.68. The van der Waals surface area contributed by atoms with Gasteiger partial charge in [-0.25, -0.2) is 9.37 Å². The Morgan fingerprint density at radius 3 is 2.58 bits per heavy atom. The molecule has 174 valence electrons. The molecule has 8 nitrogen and oxygen atoms in total. The van der Waals surface area contributed by atoms with E-state index in [9.17, 15) is 14.3 Å². The standard InChI is InChI=1S/C24H27FN4O4/c1-16-3-5-18(12-19(16)25)26-24(31)20-15-33-23(27-20)14-29-9-7-28(8-10-29)13-17-4-6-21(30)22(11-17)32-2/h3-6,11-12,15,30H,7-10,13-14H2,1-2H3,(H,26,31). The van der Waals surface area contributed by atoms with Crippen molar-refractivity contribution < 1.29 is 23.4 Å². The van der Waals surface area contributed by atoms with E-state index in [-0.39, 0.29) is 17.3 Å². The molecule has 2 N–H and O–H groups in total. The highest BCUT2D eigenvalue weighted by molar-refractivity contribution is 6.02. The molecular weight excluding hydrogens is 427 g/mol. The van der Waals surface area contributed by atoms with Crippen LogP contribution < -0.4 is 10.1 Å². The van der Waals surface area contributed by atoms with Gasteiger partial charge in [-0.15, -0.1) is 0 Å². The van der Waals surface area contributed by atoms with Gasteiger partial charge in [-0.2, -0.15) is 0 Å². The van der Waals surface area contributed by atoms with E-state index in [1.807, 2.05) is 12.1 Å². The number of hydrogen-bond donors (Lipinski definition) is 2. The first kappa shape index (κ1) is 22.8. The van der Waals surface area contributed by atoms with Crippen LogP contribution in [0.3, 0.4) is 0 Å². The van der Waals surface area contributed by atoms with E-state index in [1.165, 1.54) is 19.4 Å². The molecule has 0 bridgehead atoms. The van der Waals surface area contributed by atoms with Crippen molar-refractivity contribution in [1.29, 1.82) is 0 Å². The maximum absolute atomic E-state index is 13.7. The molecule has 2 aromatic carbocycles. The molecule has 0 saturated carbocycles. The van der Waals surface area contributed by atoms with Crippen molar-refractivity contribution in [3.8, 4) is 11.5 Å². The van der Waals surface area contributed by atoms with Gasteiger partial charge in [0.15, 0.2) is 17.2 Å². The summed E-state index contributed by atoms with van der Waals surface area (Å²) in [6.45, 7) is 6.35. The Bertz CT molecular complexity index is 1130. The molecule has 0 spiro atoms. The number of carbonyl (C=O) groups excluding carboxylic acids is 1. The Morgan fingerprint density at radius 2 is 1.88 bits per heavy atom. The number of nitrogens with one attached hydrogen (secondary N) is 1. The third-order valence-electron chi connectivity index (χ3n) is 5.69. The minimum absolute atomic E-state index is 0.135. The van der Waals surface area contributed by atoms with Gasteiger partial charge < -0.3 is 19.6 Å². The Morgan fingerprint density at radius 1 is 1.15 bits per heavy atom. The van der Waals surface area contributed by atoms with Gasteiger partial charge in [0, 0.05) is 38.4 Å². The molecule has 0 atom stereocenters. The van der Waals surface area contributed by atoms with Crippen LogP contribution in [0.4, 0.5) is 10.1 Å². The summed E-state index contributed by atoms with van der Waals surface area (Å²) >= 11 is 0. The Kier molecular flexibility index (Phi) is 6.90. The zero-order valence-electron chi connectivity index (χ0n) is 18.7. The van der Waals surface area contributed by atoms with E-state index in [1.54, 1.807) is 25.1 Å². The number of aromatic hydroxyl groups is 1. The SMILES string of the molecule is COc1cc(CN2CCN(Cc3nc(C(=O)Nc4ccc(C)c(F)c4)co3)CC2)ccc1O. The number of methoxy groups -OCH3 is 1. The van der Waals surface area contributed by atoms with Crippen molar-refractivity contribution in [2.75, 3.05) is 38.6 Å². The van der Waals surface area contributed by atoms with Gasteiger partial charge in [0.25, 0.3) is 5.91 Å². The molecule has 4 rings (SSSR count). The summed E-state index contributed by atoms with van der Waals surface area (Å²) in [6, 6.07) is 9.93. The molecule has 9 heteroatoms. The number of hydrogen-bond acceptors (Lipinski definition) is 7. The number of phenolic OH excluding ortho intramolecular Hbond substituents is 1. The maximum atomic E-state index is 13.7. The lowest BCUT2D eigenvalue weighted by Crippen LogP contribution is -2.45. The number of phenols is 1. The second kappa shape index (κ2) is 10.0. The summed E-state index contributed by atoms with van der Waals surface area (Å²) in [5.74, 6) is 0.255. The Hall–Kier alpha value is -3.43. The number of piperazine rings is 1. The normalized spacial score (nSPS) is 14.9. The summed E-state index contributed by atoms with van der Waals surface area (Å²) in [5.41, 5.74) is 2.12. The van der Waals surface area contributed by atoms with Crippen molar-refractivity contribution in [3.05, 3.63) is 71.2 Å². The predicted octanol–water partition coefficient (Wildman–Crippen LogP) is 3.41. The second-order valence-electron chi connectivity index (χ2n) is 8.10. The zero-order chi connectivity index (χ0) is 23.4. The molecule has 1 aliphatic rings. The van der Waals surface area contributed by atoms with E-state index in [2.05, 4.69) is 20.1 Å². The number of benzene rings is 2. The molecule has 2 heterocycles. The van der Waals surface area contributed by atoms with Crippen molar-refractivity contribution in [3.63, 3.8) is 0 Å². The van der Waals surface area contributed by atoms with Crippen LogP contribution in [0.2, 0.25) is 0 Å². The zero-order valence-corrected chi connectivity index (χ0v) is 18.7. The number of ether oxygens (including phenoxy) is 1. The average Bonchev–Trinajstić information content (AvgIpc) is 3.27. The van der Waals surface area contributed by atoms with Crippen LogP contribution >= 0.6 is 0 Å². The lowest BCUT2D eigenvalue weighted by Gasteiger charge is -2.34. The summed E-state index contributed by atoms with van der Waals surface area (Å²) in [6.07, 6.45) is 1.32. The summed E-state index contributed by atoms with van der Waals surface area (Å²) in [4.78, 5) is 21.2. The summed E-state index contributed by atoms with van der Waals surface area (Å²) in [7, 11) is 1.54. The van der Waals surface area contributed by atoms with E-state index in [0.717, 1.165) is 38.3 Å². The van der Waals surface area contributed by atoms with Crippen LogP contribution in [-0.4, -0.2) is 59.1 Å². The van der Waals surface area contributed by atoms with Crippen molar-refractivity contribution in [2.45, 2.75) is 20.0 Å². The number of rotatable bonds is 7. The monoisotopic (exact) mass is 454 g/mol. The molecule has 1 aromatic heterocycles. The number of aryl methyl sites for hydroxylation is 1. The lowest BCUT2D eigenvalue weighted by atomic mass is 10.1. The quantitative estimate of drug-likeness (QED) is 0.565. The number of oxazole rings is 1. The number of anilines is 1. The highest BCUT2D eigenvalue weighted by atomic mass is 19.1. The fourth-order valence-corrected chi connectivity index (χ4v) is 3.73. The highest BCUT2D eigenvalue weighted by Gasteiger charge is 2.20. The van der Waals surface area contributed by atoms with E-state index < -0.39 is 5.91 Å². The van der Waals surface area contributed by atoms with Gasteiger partial charge in [-0.1, -0.05) is 12.1 Å². The van der Waals surface area contributed by atoms with Crippen LogP contribution in [0.25, 0.3) is 0 Å². The molecular formula is C24H27FN4O4. The molecule has 33 heavy (non-hydrogen) atoms. The van der Waals surface area contributed by atoms with Gasteiger partial charge in [-0.3, -0.25) is 14.6 Å². The lowest BCUT2D eigenvalue weighted by molar-refractivity contribution is 0.102. The fourth-order valence-electron chi connectivity index (χ4n) is 3.73. The molecule has 3 aromatic rings. The molecule has 1 saturated heterocycles. The first-order chi connectivity index (χ1) is 15.9. The smallest absolute Gasteiger partial charge is 0.277 e. The summed E-state index contributed by atoms with van der Waals surface area (Å²) < 4.78 is 24.4. The fraction of sp³-hybridized carbons (Fsp3) is 0.333. The first-order valence-electron chi connectivity index (χ1n) is 10.7. The van der Waals surface area contributed by atoms with E-state index in [4.69, 9.17) is 9.15 Å². The van der Waals surface area contributed by atoms with Gasteiger partial charge in [0.05, 0.1) is 13.7 Å². The molecule has 1 aliphatic heterocycles. The molecule has 1 amide bonds. The van der Waals surface area contributed by atoms with Gasteiger partial charge in [0.1, 0.15) is 12.1 Å². The molecule has 0 radical (unpaired) electrons. The van der Waals surface area contributed by atoms with Crippen molar-refractivity contribution in [2.24, 2.45) is 0 Å². The first-order valence-corrected chi connectivity index (χ1v) is 10.7.